The van der Waals surface area contributed by atoms with Crippen molar-refractivity contribution in [2.45, 2.75) is 32.4 Å². The molecule has 0 bridgehead atoms. The maximum atomic E-state index is 4.72. The lowest BCUT2D eigenvalue weighted by molar-refractivity contribution is 0.404. The Labute approximate surface area is 78.8 Å². The highest BCUT2D eigenvalue weighted by Gasteiger charge is 2.01. The Bertz CT molecular complexity index is 231. The zero-order chi connectivity index (χ0) is 9.52. The lowest BCUT2D eigenvalue weighted by atomic mass is 10.2. The van der Waals surface area contributed by atoms with Crippen molar-refractivity contribution in [1.82, 2.24) is 10.5 Å². The van der Waals surface area contributed by atoms with Crippen molar-refractivity contribution in [2.24, 2.45) is 0 Å². The van der Waals surface area contributed by atoms with Crippen LogP contribution in [0.5, 0.6) is 0 Å². The number of rotatable bonds is 6. The zero-order valence-corrected chi connectivity index (χ0v) is 7.99. The predicted octanol–water partition coefficient (Wildman–Crippen LogP) is 2.12. The molecule has 0 aliphatic heterocycles. The van der Waals surface area contributed by atoms with E-state index in [2.05, 4.69) is 24.0 Å². The molecule has 1 rings (SSSR count). The molecule has 0 radical (unpaired) electrons. The Balaban J connectivity index is 2.15. The molecule has 3 heteroatoms. The topological polar surface area (TPSA) is 38.1 Å². The summed E-state index contributed by atoms with van der Waals surface area (Å²) in [5, 5.41) is 7.16. The Morgan fingerprint density at radius 1 is 1.77 bits per heavy atom. The van der Waals surface area contributed by atoms with E-state index in [1.165, 1.54) is 0 Å². The van der Waals surface area contributed by atoms with Gasteiger partial charge in [0.2, 0.25) is 0 Å². The number of aromatic nitrogens is 1. The van der Waals surface area contributed by atoms with E-state index in [0.29, 0.717) is 6.04 Å². The van der Waals surface area contributed by atoms with Crippen LogP contribution >= 0.6 is 0 Å². The van der Waals surface area contributed by atoms with Crippen molar-refractivity contribution in [2.75, 3.05) is 0 Å². The van der Waals surface area contributed by atoms with Crippen molar-refractivity contribution in [3.05, 3.63) is 30.7 Å². The first-order valence-electron chi connectivity index (χ1n) is 4.56. The highest BCUT2D eigenvalue weighted by atomic mass is 16.5. The van der Waals surface area contributed by atoms with Crippen LogP contribution in [0.15, 0.2) is 29.5 Å². The smallest absolute Gasteiger partial charge is 0.124 e. The average Bonchev–Trinajstić information content (AvgIpc) is 2.64. The first kappa shape index (κ1) is 9.99. The maximum absolute atomic E-state index is 4.72. The number of hydrogen-bond acceptors (Lipinski definition) is 3. The van der Waals surface area contributed by atoms with Crippen molar-refractivity contribution in [1.29, 1.82) is 0 Å². The molecule has 0 aromatic carbocycles. The lowest BCUT2D eigenvalue weighted by Crippen LogP contribution is -2.25. The van der Waals surface area contributed by atoms with Gasteiger partial charge in [0.1, 0.15) is 6.26 Å². The Hall–Kier alpha value is -1.09. The summed E-state index contributed by atoms with van der Waals surface area (Å²) in [6.07, 6.45) is 5.69. The number of nitrogens with one attached hydrogen (secondary N) is 1. The van der Waals surface area contributed by atoms with Crippen LogP contribution in [0.3, 0.4) is 0 Å². The first-order chi connectivity index (χ1) is 6.33. The minimum absolute atomic E-state index is 0.495. The monoisotopic (exact) mass is 180 g/mol. The number of hydrogen-bond donors (Lipinski definition) is 1. The number of nitrogens with zero attached hydrogens (tertiary/aromatic N) is 1. The average molecular weight is 180 g/mol. The second kappa shape index (κ2) is 5.54. The van der Waals surface area contributed by atoms with Gasteiger partial charge in [-0.2, -0.15) is 0 Å². The molecule has 1 unspecified atom stereocenters. The highest BCUT2D eigenvalue weighted by Crippen LogP contribution is 1.99. The molecule has 1 aromatic rings. The van der Waals surface area contributed by atoms with Crippen LogP contribution in [0.4, 0.5) is 0 Å². The van der Waals surface area contributed by atoms with E-state index in [4.69, 9.17) is 4.52 Å². The normalized spacial score (nSPS) is 12.7. The molecule has 1 atom stereocenters. The highest BCUT2D eigenvalue weighted by molar-refractivity contribution is 4.94. The molecule has 0 saturated heterocycles. The Morgan fingerprint density at radius 2 is 2.62 bits per heavy atom. The second-order valence-corrected chi connectivity index (χ2v) is 3.14. The number of allylic oxidation sites excluding steroid dienone is 1. The van der Waals surface area contributed by atoms with Gasteiger partial charge < -0.3 is 9.84 Å². The third kappa shape index (κ3) is 3.90. The fraction of sp³-hybridized carbons (Fsp3) is 0.500. The van der Waals surface area contributed by atoms with E-state index in [0.717, 1.165) is 25.1 Å². The Morgan fingerprint density at radius 3 is 3.23 bits per heavy atom. The quantitative estimate of drug-likeness (QED) is 0.681. The van der Waals surface area contributed by atoms with E-state index in [9.17, 15) is 0 Å². The Kier molecular flexibility index (Phi) is 4.26. The summed E-state index contributed by atoms with van der Waals surface area (Å²) in [4.78, 5) is 0. The minimum atomic E-state index is 0.495. The second-order valence-electron chi connectivity index (χ2n) is 3.14. The van der Waals surface area contributed by atoms with E-state index < -0.39 is 0 Å². The molecule has 1 N–H and O–H groups in total. The van der Waals surface area contributed by atoms with Gasteiger partial charge in [0, 0.05) is 18.7 Å². The van der Waals surface area contributed by atoms with Gasteiger partial charge in [-0.1, -0.05) is 11.2 Å². The SMILES string of the molecule is C=CCCC(C)NCc1ccon1. The summed E-state index contributed by atoms with van der Waals surface area (Å²) >= 11 is 0. The fourth-order valence-corrected chi connectivity index (χ4v) is 1.08. The van der Waals surface area contributed by atoms with Crippen LogP contribution in [0.1, 0.15) is 25.5 Å². The van der Waals surface area contributed by atoms with Gasteiger partial charge >= 0.3 is 0 Å². The van der Waals surface area contributed by atoms with Crippen LogP contribution in [-0.4, -0.2) is 11.2 Å². The predicted molar refractivity (Wildman–Crippen MR) is 52.2 cm³/mol. The largest absolute Gasteiger partial charge is 0.364 e. The van der Waals surface area contributed by atoms with Gasteiger partial charge in [0.05, 0.1) is 5.69 Å². The molecule has 1 aromatic heterocycles. The summed E-state index contributed by atoms with van der Waals surface area (Å²) in [5.74, 6) is 0. The summed E-state index contributed by atoms with van der Waals surface area (Å²) in [6, 6.07) is 2.36. The lowest BCUT2D eigenvalue weighted by Gasteiger charge is -2.10. The van der Waals surface area contributed by atoms with E-state index in [1.807, 2.05) is 12.1 Å². The standard InChI is InChI=1S/C10H16N2O/c1-3-4-5-9(2)11-8-10-6-7-13-12-10/h3,6-7,9,11H,1,4-5,8H2,2H3. The van der Waals surface area contributed by atoms with Crippen LogP contribution in [0.25, 0.3) is 0 Å². The van der Waals surface area contributed by atoms with Crippen molar-refractivity contribution in [3.8, 4) is 0 Å². The van der Waals surface area contributed by atoms with Crippen molar-refractivity contribution >= 4 is 0 Å². The van der Waals surface area contributed by atoms with Gasteiger partial charge in [0.15, 0.2) is 0 Å². The fourth-order valence-electron chi connectivity index (χ4n) is 1.08. The molecular formula is C10H16N2O. The molecule has 3 nitrogen and oxygen atoms in total. The van der Waals surface area contributed by atoms with Crippen LogP contribution in [-0.2, 0) is 6.54 Å². The van der Waals surface area contributed by atoms with E-state index >= 15 is 0 Å². The minimum Gasteiger partial charge on any atom is -0.364 e. The summed E-state index contributed by atoms with van der Waals surface area (Å²) < 4.78 is 4.72. The third-order valence-corrected chi connectivity index (χ3v) is 1.93. The van der Waals surface area contributed by atoms with E-state index in [-0.39, 0.29) is 0 Å². The van der Waals surface area contributed by atoms with Crippen LogP contribution in [0, 0.1) is 0 Å². The zero-order valence-electron chi connectivity index (χ0n) is 7.99. The molecule has 1 heterocycles. The molecule has 0 spiro atoms. The summed E-state index contributed by atoms with van der Waals surface area (Å²) in [7, 11) is 0. The molecular weight excluding hydrogens is 164 g/mol. The third-order valence-electron chi connectivity index (χ3n) is 1.93. The van der Waals surface area contributed by atoms with Gasteiger partial charge in [0.25, 0.3) is 0 Å². The molecule has 0 saturated carbocycles. The molecule has 13 heavy (non-hydrogen) atoms. The molecule has 72 valence electrons. The molecule has 0 amide bonds. The molecule has 0 fully saturated rings. The molecule has 0 aliphatic carbocycles. The van der Waals surface area contributed by atoms with Crippen LogP contribution in [0.2, 0.25) is 0 Å². The van der Waals surface area contributed by atoms with E-state index in [1.54, 1.807) is 6.26 Å². The maximum Gasteiger partial charge on any atom is 0.124 e. The molecule has 0 aliphatic rings. The van der Waals surface area contributed by atoms with Gasteiger partial charge in [-0.15, -0.1) is 6.58 Å². The van der Waals surface area contributed by atoms with Gasteiger partial charge in [-0.05, 0) is 19.8 Å². The summed E-state index contributed by atoms with van der Waals surface area (Å²) in [5.41, 5.74) is 0.949. The van der Waals surface area contributed by atoms with Crippen molar-refractivity contribution < 1.29 is 4.52 Å². The summed E-state index contributed by atoms with van der Waals surface area (Å²) in [6.45, 7) is 6.62. The van der Waals surface area contributed by atoms with Crippen molar-refractivity contribution in [3.63, 3.8) is 0 Å². The van der Waals surface area contributed by atoms with Gasteiger partial charge in [-0.3, -0.25) is 0 Å². The van der Waals surface area contributed by atoms with Gasteiger partial charge in [-0.25, -0.2) is 0 Å². The first-order valence-corrected chi connectivity index (χ1v) is 4.56. The van der Waals surface area contributed by atoms with Crippen LogP contribution < -0.4 is 5.32 Å².